The third-order valence-electron chi connectivity index (χ3n) is 4.62. The average molecular weight is 276 g/mol. The number of carbonyl (C=O) groups is 1. The van der Waals surface area contributed by atoms with E-state index in [1.54, 1.807) is 12.1 Å². The maximum atomic E-state index is 11.2. The van der Waals surface area contributed by atoms with E-state index in [1.807, 2.05) is 13.1 Å². The van der Waals surface area contributed by atoms with Gasteiger partial charge in [0.2, 0.25) is 0 Å². The molecule has 1 fully saturated rings. The predicted octanol–water partition coefficient (Wildman–Crippen LogP) is 3.37. The largest absolute Gasteiger partial charge is 0.478 e. The first-order chi connectivity index (χ1) is 9.52. The van der Waals surface area contributed by atoms with E-state index in [-0.39, 0.29) is 5.56 Å². The van der Waals surface area contributed by atoms with Crippen LogP contribution in [0.2, 0.25) is 0 Å². The number of rotatable bonds is 4. The fourth-order valence-electron chi connectivity index (χ4n) is 3.10. The molecule has 110 valence electrons. The Kier molecular flexibility index (Phi) is 4.53. The van der Waals surface area contributed by atoms with Crippen molar-refractivity contribution in [3.8, 4) is 0 Å². The lowest BCUT2D eigenvalue weighted by molar-refractivity contribution is 0.0698. The van der Waals surface area contributed by atoms with Crippen molar-refractivity contribution in [2.75, 3.05) is 17.7 Å². The van der Waals surface area contributed by atoms with Gasteiger partial charge in [-0.1, -0.05) is 13.3 Å². The average Bonchev–Trinajstić information content (AvgIpc) is 2.47. The van der Waals surface area contributed by atoms with Crippen LogP contribution in [0.4, 0.5) is 11.4 Å². The maximum absolute atomic E-state index is 11.2. The topological polar surface area (TPSA) is 66.6 Å². The van der Waals surface area contributed by atoms with Crippen molar-refractivity contribution >= 4 is 17.3 Å². The van der Waals surface area contributed by atoms with Crippen LogP contribution in [-0.4, -0.2) is 24.2 Å². The zero-order valence-corrected chi connectivity index (χ0v) is 12.3. The number of benzene rings is 1. The van der Waals surface area contributed by atoms with E-state index < -0.39 is 5.97 Å². The van der Waals surface area contributed by atoms with Gasteiger partial charge in [0.1, 0.15) is 0 Å². The summed E-state index contributed by atoms with van der Waals surface area (Å²) in [5.74, 6) is -0.104. The smallest absolute Gasteiger partial charge is 0.337 e. The number of hydrogen-bond acceptors (Lipinski definition) is 3. The third-order valence-corrected chi connectivity index (χ3v) is 4.62. The minimum absolute atomic E-state index is 0.191. The first-order valence-corrected chi connectivity index (χ1v) is 7.38. The lowest BCUT2D eigenvalue weighted by Gasteiger charge is -2.36. The van der Waals surface area contributed by atoms with E-state index in [4.69, 9.17) is 10.8 Å². The zero-order valence-electron chi connectivity index (χ0n) is 12.3. The Morgan fingerprint density at radius 1 is 1.35 bits per heavy atom. The van der Waals surface area contributed by atoms with Gasteiger partial charge in [-0.25, -0.2) is 4.79 Å². The summed E-state index contributed by atoms with van der Waals surface area (Å²) in [4.78, 5) is 13.4. The van der Waals surface area contributed by atoms with Crippen LogP contribution in [0.15, 0.2) is 18.2 Å². The number of carboxylic acids is 1. The van der Waals surface area contributed by atoms with Crippen molar-refractivity contribution in [3.05, 3.63) is 23.8 Å². The van der Waals surface area contributed by atoms with Gasteiger partial charge in [0, 0.05) is 24.5 Å². The van der Waals surface area contributed by atoms with Crippen LogP contribution in [-0.2, 0) is 0 Å². The summed E-state index contributed by atoms with van der Waals surface area (Å²) in [6, 6.07) is 5.78. The molecule has 0 spiro atoms. The molecule has 0 aromatic heterocycles. The Bertz CT molecular complexity index is 479. The van der Waals surface area contributed by atoms with Crippen LogP contribution in [0.25, 0.3) is 0 Å². The summed E-state index contributed by atoms with van der Waals surface area (Å²) in [6.45, 7) is 2.26. The van der Waals surface area contributed by atoms with Crippen molar-refractivity contribution in [1.29, 1.82) is 0 Å². The molecule has 0 bridgehead atoms. The van der Waals surface area contributed by atoms with E-state index in [1.165, 1.54) is 32.1 Å². The zero-order chi connectivity index (χ0) is 14.7. The van der Waals surface area contributed by atoms with Gasteiger partial charge in [0.05, 0.1) is 5.56 Å². The molecule has 0 aliphatic heterocycles. The van der Waals surface area contributed by atoms with Crippen LogP contribution < -0.4 is 10.6 Å². The molecule has 1 saturated carbocycles. The fraction of sp³-hybridized carbons (Fsp3) is 0.562. The van der Waals surface area contributed by atoms with Crippen molar-refractivity contribution in [1.82, 2.24) is 0 Å². The van der Waals surface area contributed by atoms with Crippen LogP contribution >= 0.6 is 0 Å². The lowest BCUT2D eigenvalue weighted by Crippen LogP contribution is -2.35. The third kappa shape index (κ3) is 3.06. The molecule has 0 heterocycles. The summed E-state index contributed by atoms with van der Waals surface area (Å²) in [5.41, 5.74) is 7.16. The molecule has 1 aliphatic rings. The van der Waals surface area contributed by atoms with E-state index in [0.29, 0.717) is 11.7 Å². The van der Waals surface area contributed by atoms with E-state index in [9.17, 15) is 4.79 Å². The summed E-state index contributed by atoms with van der Waals surface area (Å²) >= 11 is 0. The molecule has 1 aliphatic carbocycles. The highest BCUT2D eigenvalue weighted by Gasteiger charge is 2.23. The molecule has 2 rings (SSSR count). The molecular formula is C16H24N2O2. The number of nitrogens with two attached hydrogens (primary N) is 1. The van der Waals surface area contributed by atoms with Gasteiger partial charge in [0.25, 0.3) is 0 Å². The molecule has 0 unspecified atom stereocenters. The van der Waals surface area contributed by atoms with Gasteiger partial charge < -0.3 is 15.7 Å². The molecule has 3 N–H and O–H groups in total. The molecule has 0 amide bonds. The second kappa shape index (κ2) is 6.16. The van der Waals surface area contributed by atoms with Gasteiger partial charge in [-0.15, -0.1) is 0 Å². The normalized spacial score (nSPS) is 22.5. The highest BCUT2D eigenvalue weighted by Crippen LogP contribution is 2.32. The number of nitrogens with zero attached hydrogens (tertiary/aromatic N) is 1. The van der Waals surface area contributed by atoms with Gasteiger partial charge in [0.15, 0.2) is 0 Å². The Hall–Kier alpha value is -1.71. The number of aromatic carboxylic acids is 1. The van der Waals surface area contributed by atoms with E-state index in [2.05, 4.69) is 11.8 Å². The van der Waals surface area contributed by atoms with Crippen molar-refractivity contribution in [3.63, 3.8) is 0 Å². The molecule has 1 aromatic carbocycles. The number of anilines is 2. The molecule has 0 atom stereocenters. The highest BCUT2D eigenvalue weighted by molar-refractivity contribution is 5.94. The maximum Gasteiger partial charge on any atom is 0.337 e. The second-order valence-electron chi connectivity index (χ2n) is 5.77. The fourth-order valence-corrected chi connectivity index (χ4v) is 3.10. The molecule has 1 aromatic rings. The Labute approximate surface area is 120 Å². The van der Waals surface area contributed by atoms with Crippen molar-refractivity contribution in [2.24, 2.45) is 5.92 Å². The minimum Gasteiger partial charge on any atom is -0.478 e. The molecule has 0 saturated heterocycles. The second-order valence-corrected chi connectivity index (χ2v) is 5.77. The highest BCUT2D eigenvalue weighted by atomic mass is 16.4. The summed E-state index contributed by atoms with van der Waals surface area (Å²) in [6.07, 6.45) is 6.17. The van der Waals surface area contributed by atoms with Gasteiger partial charge in [-0.3, -0.25) is 0 Å². The summed E-state index contributed by atoms with van der Waals surface area (Å²) in [7, 11) is 2.05. The molecule has 4 nitrogen and oxygen atoms in total. The number of carboxylic acid groups (broad SMARTS) is 1. The van der Waals surface area contributed by atoms with Gasteiger partial charge in [-0.2, -0.15) is 0 Å². The van der Waals surface area contributed by atoms with Crippen LogP contribution in [0.3, 0.4) is 0 Å². The van der Waals surface area contributed by atoms with Crippen LogP contribution in [0, 0.1) is 5.92 Å². The van der Waals surface area contributed by atoms with Crippen molar-refractivity contribution in [2.45, 2.75) is 45.1 Å². The molecular weight excluding hydrogens is 252 g/mol. The van der Waals surface area contributed by atoms with Crippen LogP contribution in [0.1, 0.15) is 49.4 Å². The summed E-state index contributed by atoms with van der Waals surface area (Å²) < 4.78 is 0. The van der Waals surface area contributed by atoms with E-state index in [0.717, 1.165) is 11.6 Å². The standard InChI is InChI=1S/C16H24N2O2/c1-3-11-4-6-12(7-5-11)18(2)13-8-9-15(17)14(10-13)16(19)20/h8-12H,3-7,17H2,1-2H3,(H,19,20). The quantitative estimate of drug-likeness (QED) is 0.827. The number of hydrogen-bond donors (Lipinski definition) is 2. The minimum atomic E-state index is -0.965. The Morgan fingerprint density at radius 2 is 2.00 bits per heavy atom. The Balaban J connectivity index is 2.11. The van der Waals surface area contributed by atoms with Gasteiger partial charge in [-0.05, 0) is 49.8 Å². The summed E-state index contributed by atoms with van der Waals surface area (Å²) in [5, 5.41) is 9.15. The van der Waals surface area contributed by atoms with Crippen molar-refractivity contribution < 1.29 is 9.90 Å². The molecule has 4 heteroatoms. The predicted molar refractivity (Wildman–Crippen MR) is 82.3 cm³/mol. The first-order valence-electron chi connectivity index (χ1n) is 7.38. The SMILES string of the molecule is CCC1CCC(N(C)c2ccc(N)c(C(=O)O)c2)CC1. The van der Waals surface area contributed by atoms with E-state index >= 15 is 0 Å². The lowest BCUT2D eigenvalue weighted by atomic mass is 9.84. The first kappa shape index (κ1) is 14.7. The molecule has 0 radical (unpaired) electrons. The monoisotopic (exact) mass is 276 g/mol. The van der Waals surface area contributed by atoms with Crippen LogP contribution in [0.5, 0.6) is 0 Å². The molecule has 20 heavy (non-hydrogen) atoms. The Morgan fingerprint density at radius 3 is 2.55 bits per heavy atom. The number of nitrogen functional groups attached to an aromatic ring is 1. The van der Waals surface area contributed by atoms with Gasteiger partial charge >= 0.3 is 5.97 Å².